The number of hydrogen-bond donors (Lipinski definition) is 1. The molecule has 6 heteroatoms. The van der Waals surface area contributed by atoms with Gasteiger partial charge in [-0.1, -0.05) is 18.2 Å². The third-order valence-corrected chi connectivity index (χ3v) is 6.08. The molecular formula is C26H31N3O3. The zero-order valence-electron chi connectivity index (χ0n) is 18.8. The summed E-state index contributed by atoms with van der Waals surface area (Å²) >= 11 is 0. The van der Waals surface area contributed by atoms with Crippen molar-refractivity contribution in [2.24, 2.45) is 0 Å². The van der Waals surface area contributed by atoms with Gasteiger partial charge in [0.15, 0.2) is 5.78 Å². The molecule has 32 heavy (non-hydrogen) atoms. The van der Waals surface area contributed by atoms with E-state index in [1.807, 2.05) is 24.4 Å². The summed E-state index contributed by atoms with van der Waals surface area (Å²) in [6, 6.07) is 15.2. The lowest BCUT2D eigenvalue weighted by Gasteiger charge is -2.33. The molecule has 6 nitrogen and oxygen atoms in total. The largest absolute Gasteiger partial charge is 0.497 e. The van der Waals surface area contributed by atoms with E-state index in [1.165, 1.54) is 0 Å². The predicted octanol–water partition coefficient (Wildman–Crippen LogP) is 3.15. The zero-order chi connectivity index (χ0) is 22.5. The lowest BCUT2D eigenvalue weighted by Crippen LogP contribution is -2.47. The normalized spacial score (nSPS) is 16.6. The van der Waals surface area contributed by atoms with E-state index in [9.17, 15) is 9.90 Å². The van der Waals surface area contributed by atoms with Crippen LogP contribution in [0.25, 0.3) is 17.0 Å². The van der Waals surface area contributed by atoms with Gasteiger partial charge in [-0.3, -0.25) is 9.69 Å². The molecule has 1 aliphatic rings. The number of carbonyl (C=O) groups is 1. The van der Waals surface area contributed by atoms with Crippen molar-refractivity contribution in [3.63, 3.8) is 0 Å². The molecule has 0 saturated carbocycles. The van der Waals surface area contributed by atoms with Gasteiger partial charge in [-0.2, -0.15) is 0 Å². The number of ketones is 1. The number of β-amino-alcohol motifs (C(OH)–C–C–N with tert-alkyl or cyclic N) is 1. The minimum Gasteiger partial charge on any atom is -0.497 e. The predicted molar refractivity (Wildman–Crippen MR) is 128 cm³/mol. The first-order valence-corrected chi connectivity index (χ1v) is 11.1. The number of aliphatic hydroxyl groups excluding tert-OH is 1. The van der Waals surface area contributed by atoms with Crippen LogP contribution in [0.5, 0.6) is 5.75 Å². The lowest BCUT2D eigenvalue weighted by atomic mass is 10.1. The highest BCUT2D eigenvalue weighted by Gasteiger charge is 2.18. The number of benzene rings is 2. The topological polar surface area (TPSA) is 57.9 Å². The van der Waals surface area contributed by atoms with Crippen LogP contribution >= 0.6 is 0 Å². The number of aliphatic hydroxyl groups is 1. The van der Waals surface area contributed by atoms with E-state index in [4.69, 9.17) is 4.74 Å². The molecule has 1 aliphatic heterocycles. The molecule has 1 N–H and O–H groups in total. The second kappa shape index (κ2) is 10.1. The molecule has 0 spiro atoms. The smallest absolute Gasteiger partial charge is 0.185 e. The fourth-order valence-electron chi connectivity index (χ4n) is 4.19. The number of piperazine rings is 1. The summed E-state index contributed by atoms with van der Waals surface area (Å²) < 4.78 is 7.25. The number of nitrogens with zero attached hydrogens (tertiary/aromatic N) is 3. The molecule has 1 unspecified atom stereocenters. The molecule has 4 rings (SSSR count). The minimum absolute atomic E-state index is 0.0559. The molecule has 1 aromatic heterocycles. The summed E-state index contributed by atoms with van der Waals surface area (Å²) in [7, 11) is 3.74. The Kier molecular flexibility index (Phi) is 7.05. The van der Waals surface area contributed by atoms with Gasteiger partial charge in [-0.15, -0.1) is 0 Å². The van der Waals surface area contributed by atoms with E-state index in [1.54, 1.807) is 37.5 Å². The summed E-state index contributed by atoms with van der Waals surface area (Å²) in [5.41, 5.74) is 2.64. The van der Waals surface area contributed by atoms with Crippen LogP contribution in [0, 0.1) is 0 Å². The quantitative estimate of drug-likeness (QED) is 0.437. The van der Waals surface area contributed by atoms with Crippen molar-refractivity contribution in [2.75, 3.05) is 46.9 Å². The van der Waals surface area contributed by atoms with Crippen LogP contribution in [-0.2, 0) is 6.54 Å². The van der Waals surface area contributed by atoms with Gasteiger partial charge in [0, 0.05) is 67.5 Å². The highest BCUT2D eigenvalue weighted by atomic mass is 16.5. The van der Waals surface area contributed by atoms with Crippen LogP contribution in [0.15, 0.2) is 60.8 Å². The van der Waals surface area contributed by atoms with E-state index in [0.29, 0.717) is 18.7 Å². The number of aromatic nitrogens is 1. The van der Waals surface area contributed by atoms with Crippen molar-refractivity contribution in [2.45, 2.75) is 12.6 Å². The maximum absolute atomic E-state index is 12.6. The summed E-state index contributed by atoms with van der Waals surface area (Å²) in [6.45, 7) is 5.24. The number of methoxy groups -OCH3 is 1. The number of hydrogen-bond acceptors (Lipinski definition) is 5. The fraction of sp³-hybridized carbons (Fsp3) is 0.346. The molecule has 0 amide bonds. The number of rotatable bonds is 8. The van der Waals surface area contributed by atoms with Gasteiger partial charge in [-0.05, 0) is 49.5 Å². The zero-order valence-corrected chi connectivity index (χ0v) is 18.8. The number of likely N-dealkylation sites (N-methyl/N-ethyl adjacent to an activating group) is 1. The second-order valence-electron chi connectivity index (χ2n) is 8.44. The molecule has 1 atom stereocenters. The van der Waals surface area contributed by atoms with Crippen LogP contribution in [0.4, 0.5) is 0 Å². The molecule has 168 valence electrons. The molecule has 2 aromatic carbocycles. The molecule has 0 bridgehead atoms. The molecule has 0 radical (unpaired) electrons. The summed E-state index contributed by atoms with van der Waals surface area (Å²) in [4.78, 5) is 17.2. The van der Waals surface area contributed by atoms with Gasteiger partial charge in [0.25, 0.3) is 0 Å². The van der Waals surface area contributed by atoms with Crippen LogP contribution in [-0.4, -0.2) is 78.2 Å². The first kappa shape index (κ1) is 22.3. The number of ether oxygens (including phenoxy) is 1. The Labute approximate surface area is 189 Å². The Morgan fingerprint density at radius 3 is 2.50 bits per heavy atom. The van der Waals surface area contributed by atoms with Crippen molar-refractivity contribution in [1.29, 1.82) is 0 Å². The van der Waals surface area contributed by atoms with E-state index < -0.39 is 6.10 Å². The molecule has 2 heterocycles. The fourth-order valence-corrected chi connectivity index (χ4v) is 4.19. The first-order valence-electron chi connectivity index (χ1n) is 11.1. The monoisotopic (exact) mass is 433 g/mol. The molecular weight excluding hydrogens is 402 g/mol. The molecule has 1 fully saturated rings. The van der Waals surface area contributed by atoms with Crippen molar-refractivity contribution in [1.82, 2.24) is 14.4 Å². The van der Waals surface area contributed by atoms with E-state index in [0.717, 1.165) is 48.4 Å². The Bertz CT molecular complexity index is 1080. The standard InChI is InChI=1S/C26H31N3O3/c1-27-13-15-28(16-14-27)18-22(30)19-29-17-21(24-5-3-4-6-25(24)29)9-12-26(31)20-7-10-23(32-2)11-8-20/h3-12,17,22,30H,13-16,18-19H2,1-2H3/b12-9+. The van der Waals surface area contributed by atoms with Gasteiger partial charge in [0.2, 0.25) is 0 Å². The number of allylic oxidation sites excluding steroid dienone is 1. The molecule has 1 saturated heterocycles. The third-order valence-electron chi connectivity index (χ3n) is 6.08. The summed E-state index contributed by atoms with van der Waals surface area (Å²) in [5.74, 6) is 0.670. The van der Waals surface area contributed by atoms with E-state index in [-0.39, 0.29) is 5.78 Å². The van der Waals surface area contributed by atoms with Crippen LogP contribution in [0.3, 0.4) is 0 Å². The van der Waals surface area contributed by atoms with E-state index >= 15 is 0 Å². The number of fused-ring (bicyclic) bond motifs is 1. The van der Waals surface area contributed by atoms with Crippen LogP contribution in [0.1, 0.15) is 15.9 Å². The highest BCUT2D eigenvalue weighted by Crippen LogP contribution is 2.23. The first-order chi connectivity index (χ1) is 15.5. The summed E-state index contributed by atoms with van der Waals surface area (Å²) in [5, 5.41) is 11.8. The van der Waals surface area contributed by atoms with Gasteiger partial charge in [-0.25, -0.2) is 0 Å². The summed E-state index contributed by atoms with van der Waals surface area (Å²) in [6.07, 6.45) is 5.04. The van der Waals surface area contributed by atoms with Crippen LogP contribution < -0.4 is 4.74 Å². The van der Waals surface area contributed by atoms with Gasteiger partial charge < -0.3 is 19.3 Å². The Morgan fingerprint density at radius 2 is 1.78 bits per heavy atom. The SMILES string of the molecule is COc1ccc(C(=O)/C=C/c2cn(CC(O)CN3CCN(C)CC3)c3ccccc23)cc1. The molecule has 3 aromatic rings. The highest BCUT2D eigenvalue weighted by molar-refractivity contribution is 6.07. The van der Waals surface area contributed by atoms with Crippen molar-refractivity contribution in [3.05, 3.63) is 71.9 Å². The number of carbonyl (C=O) groups excluding carboxylic acids is 1. The van der Waals surface area contributed by atoms with Crippen molar-refractivity contribution >= 4 is 22.8 Å². The average molecular weight is 434 g/mol. The lowest BCUT2D eigenvalue weighted by molar-refractivity contribution is 0.0717. The van der Waals surface area contributed by atoms with Gasteiger partial charge in [0.1, 0.15) is 5.75 Å². The van der Waals surface area contributed by atoms with E-state index in [2.05, 4.69) is 33.5 Å². The average Bonchev–Trinajstić information content (AvgIpc) is 3.16. The van der Waals surface area contributed by atoms with Crippen molar-refractivity contribution < 1.29 is 14.6 Å². The molecule has 0 aliphatic carbocycles. The Hall–Kier alpha value is -2.93. The maximum atomic E-state index is 12.6. The van der Waals surface area contributed by atoms with Crippen LogP contribution in [0.2, 0.25) is 0 Å². The second-order valence-corrected chi connectivity index (χ2v) is 8.44. The Morgan fingerprint density at radius 1 is 1.06 bits per heavy atom. The third kappa shape index (κ3) is 5.27. The number of para-hydroxylation sites is 1. The van der Waals surface area contributed by atoms with Gasteiger partial charge >= 0.3 is 0 Å². The van der Waals surface area contributed by atoms with Crippen molar-refractivity contribution in [3.8, 4) is 5.75 Å². The maximum Gasteiger partial charge on any atom is 0.185 e. The van der Waals surface area contributed by atoms with Gasteiger partial charge in [0.05, 0.1) is 13.2 Å². The minimum atomic E-state index is -0.452. The Balaban J connectivity index is 1.48.